The first kappa shape index (κ1) is 19.0. The van der Waals surface area contributed by atoms with Gasteiger partial charge in [0.15, 0.2) is 0 Å². The van der Waals surface area contributed by atoms with Crippen LogP contribution in [0, 0.1) is 0 Å². The second-order valence-electron chi connectivity index (χ2n) is 8.62. The first-order valence-electron chi connectivity index (χ1n) is 8.64. The summed E-state index contributed by atoms with van der Waals surface area (Å²) in [5.74, 6) is 0. The smallest absolute Gasteiger partial charge is 0.410 e. The minimum absolute atomic E-state index is 0.257. The van der Waals surface area contributed by atoms with E-state index in [1.807, 2.05) is 31.6 Å². The first-order valence-corrected chi connectivity index (χ1v) is 12.4. The summed E-state index contributed by atoms with van der Waals surface area (Å²) in [5, 5.41) is 4.42. The van der Waals surface area contributed by atoms with E-state index >= 15 is 0 Å². The number of hydrogen-bond donors (Lipinski definition) is 0. The Morgan fingerprint density at radius 1 is 1.33 bits per heavy atom. The van der Waals surface area contributed by atoms with Crippen molar-refractivity contribution in [2.24, 2.45) is 0 Å². The Morgan fingerprint density at radius 3 is 2.67 bits per heavy atom. The van der Waals surface area contributed by atoms with E-state index in [0.29, 0.717) is 19.8 Å². The van der Waals surface area contributed by atoms with Gasteiger partial charge >= 0.3 is 6.09 Å². The molecule has 1 aliphatic heterocycles. The molecule has 0 fully saturated rings. The molecule has 2 heterocycles. The minimum Gasteiger partial charge on any atom is -0.444 e. The molecule has 1 amide bonds. The summed E-state index contributed by atoms with van der Waals surface area (Å²) in [6.45, 7) is 15.2. The highest BCUT2D eigenvalue weighted by Crippen LogP contribution is 2.21. The highest BCUT2D eigenvalue weighted by Gasteiger charge is 2.27. The van der Waals surface area contributed by atoms with Gasteiger partial charge in [0.2, 0.25) is 0 Å². The molecule has 7 heteroatoms. The van der Waals surface area contributed by atoms with Crippen LogP contribution in [0.3, 0.4) is 0 Å². The summed E-state index contributed by atoms with van der Waals surface area (Å²) in [5.41, 5.74) is 1.79. The predicted octanol–water partition coefficient (Wildman–Crippen LogP) is 3.49. The molecule has 1 aromatic rings. The summed E-state index contributed by atoms with van der Waals surface area (Å²) >= 11 is 0. The zero-order valence-corrected chi connectivity index (χ0v) is 16.9. The number of hydrogen-bond acceptors (Lipinski definition) is 4. The van der Waals surface area contributed by atoms with Gasteiger partial charge < -0.3 is 14.4 Å². The molecule has 0 aliphatic carbocycles. The number of carbonyl (C=O) groups is 1. The van der Waals surface area contributed by atoms with E-state index in [2.05, 4.69) is 24.7 Å². The van der Waals surface area contributed by atoms with E-state index in [4.69, 9.17) is 9.47 Å². The number of amides is 1. The average molecular weight is 354 g/mol. The topological polar surface area (TPSA) is 56.6 Å². The van der Waals surface area contributed by atoms with E-state index in [0.717, 1.165) is 24.6 Å². The van der Waals surface area contributed by atoms with Crippen molar-refractivity contribution < 1.29 is 14.3 Å². The zero-order valence-electron chi connectivity index (χ0n) is 15.9. The lowest BCUT2D eigenvalue weighted by Crippen LogP contribution is -2.40. The lowest BCUT2D eigenvalue weighted by molar-refractivity contribution is 0.0218. The normalized spacial score (nSPS) is 15.3. The van der Waals surface area contributed by atoms with Gasteiger partial charge in [-0.3, -0.25) is 0 Å². The standard InChI is InChI=1S/C17H31N3O3Si/c1-17(2,3)23-16(21)19-8-7-15-14(12-19)11-18-20(15)13-22-9-10-24(4,5)6/h11H,7-10,12-13H2,1-6H3. The molecule has 1 aliphatic rings. The highest BCUT2D eigenvalue weighted by atomic mass is 28.3. The maximum Gasteiger partial charge on any atom is 0.410 e. The van der Waals surface area contributed by atoms with Gasteiger partial charge in [-0.1, -0.05) is 19.6 Å². The van der Waals surface area contributed by atoms with Crippen LogP contribution in [-0.4, -0.2) is 47.6 Å². The van der Waals surface area contributed by atoms with E-state index < -0.39 is 13.7 Å². The van der Waals surface area contributed by atoms with E-state index in [1.165, 1.54) is 5.69 Å². The van der Waals surface area contributed by atoms with Crippen molar-refractivity contribution in [3.8, 4) is 0 Å². The number of ether oxygens (including phenoxy) is 2. The molecule has 0 saturated carbocycles. The number of carbonyl (C=O) groups excluding carboxylic acids is 1. The van der Waals surface area contributed by atoms with Crippen LogP contribution < -0.4 is 0 Å². The van der Waals surface area contributed by atoms with Crippen LogP contribution in [-0.2, 0) is 29.2 Å². The Kier molecular flexibility index (Phi) is 5.75. The third kappa shape index (κ3) is 5.63. The number of nitrogens with zero attached hydrogens (tertiary/aromatic N) is 3. The second-order valence-corrected chi connectivity index (χ2v) is 14.2. The van der Waals surface area contributed by atoms with Crippen LogP contribution in [0.15, 0.2) is 6.20 Å². The van der Waals surface area contributed by atoms with Crippen molar-refractivity contribution >= 4 is 14.2 Å². The molecule has 6 nitrogen and oxygen atoms in total. The SMILES string of the molecule is CC(C)(C)OC(=O)N1CCc2c(cnn2COCC[Si](C)(C)C)C1. The number of fused-ring (bicyclic) bond motifs is 1. The fraction of sp³-hybridized carbons (Fsp3) is 0.765. The highest BCUT2D eigenvalue weighted by molar-refractivity contribution is 6.76. The van der Waals surface area contributed by atoms with Gasteiger partial charge in [-0.25, -0.2) is 9.48 Å². The maximum absolute atomic E-state index is 12.2. The van der Waals surface area contributed by atoms with Gasteiger partial charge in [0.1, 0.15) is 12.3 Å². The van der Waals surface area contributed by atoms with E-state index in [-0.39, 0.29) is 6.09 Å². The van der Waals surface area contributed by atoms with Gasteiger partial charge in [-0.2, -0.15) is 5.10 Å². The van der Waals surface area contributed by atoms with Crippen LogP contribution in [0.25, 0.3) is 0 Å². The quantitative estimate of drug-likeness (QED) is 0.600. The molecule has 1 aromatic heterocycles. The van der Waals surface area contributed by atoms with Gasteiger partial charge in [0.05, 0.1) is 12.7 Å². The molecule has 0 unspecified atom stereocenters. The predicted molar refractivity (Wildman–Crippen MR) is 96.7 cm³/mol. The van der Waals surface area contributed by atoms with Crippen molar-refractivity contribution in [2.75, 3.05) is 13.2 Å². The molecule has 24 heavy (non-hydrogen) atoms. The van der Waals surface area contributed by atoms with Crippen molar-refractivity contribution in [3.63, 3.8) is 0 Å². The molecular formula is C17H31N3O3Si. The molecule has 2 rings (SSSR count). The summed E-state index contributed by atoms with van der Waals surface area (Å²) in [4.78, 5) is 13.9. The lowest BCUT2D eigenvalue weighted by atomic mass is 10.1. The summed E-state index contributed by atoms with van der Waals surface area (Å²) in [7, 11) is -1.06. The molecule has 0 N–H and O–H groups in total. The molecule has 0 aromatic carbocycles. The monoisotopic (exact) mass is 353 g/mol. The average Bonchev–Trinajstić information content (AvgIpc) is 2.83. The van der Waals surface area contributed by atoms with Crippen LogP contribution >= 0.6 is 0 Å². The third-order valence-corrected chi connectivity index (χ3v) is 5.58. The van der Waals surface area contributed by atoms with Crippen LogP contribution in [0.5, 0.6) is 0 Å². The number of aromatic nitrogens is 2. The molecular weight excluding hydrogens is 322 g/mol. The van der Waals surface area contributed by atoms with Crippen molar-refractivity contribution in [3.05, 3.63) is 17.5 Å². The summed E-state index contributed by atoms with van der Waals surface area (Å²) in [6.07, 6.45) is 2.37. The Morgan fingerprint density at radius 2 is 2.04 bits per heavy atom. The van der Waals surface area contributed by atoms with E-state index in [1.54, 1.807) is 4.90 Å². The number of rotatable bonds is 5. The molecule has 0 radical (unpaired) electrons. The lowest BCUT2D eigenvalue weighted by Gasteiger charge is -2.30. The van der Waals surface area contributed by atoms with Gasteiger partial charge in [-0.05, 0) is 26.8 Å². The maximum atomic E-state index is 12.2. The molecule has 0 atom stereocenters. The van der Waals surface area contributed by atoms with Gasteiger partial charge in [0.25, 0.3) is 0 Å². The molecule has 136 valence electrons. The largest absolute Gasteiger partial charge is 0.444 e. The molecule has 0 bridgehead atoms. The fourth-order valence-corrected chi connectivity index (χ4v) is 3.28. The Hall–Kier alpha value is -1.34. The van der Waals surface area contributed by atoms with Crippen LogP contribution in [0.1, 0.15) is 32.0 Å². The van der Waals surface area contributed by atoms with E-state index in [9.17, 15) is 4.79 Å². The molecule has 0 saturated heterocycles. The third-order valence-electron chi connectivity index (χ3n) is 3.88. The van der Waals surface area contributed by atoms with Crippen molar-refractivity contribution in [2.45, 2.75) is 71.8 Å². The molecule has 0 spiro atoms. The van der Waals surface area contributed by atoms with Crippen molar-refractivity contribution in [1.82, 2.24) is 14.7 Å². The first-order chi connectivity index (χ1) is 11.1. The zero-order chi connectivity index (χ0) is 18.0. The fourth-order valence-electron chi connectivity index (χ4n) is 2.52. The minimum atomic E-state index is -1.06. The Labute approximate surface area is 146 Å². The second kappa shape index (κ2) is 7.27. The summed E-state index contributed by atoms with van der Waals surface area (Å²) in [6, 6.07) is 1.16. The van der Waals surface area contributed by atoms with Crippen LogP contribution in [0.4, 0.5) is 4.79 Å². The Balaban J connectivity index is 1.88. The van der Waals surface area contributed by atoms with Gasteiger partial charge in [-0.15, -0.1) is 0 Å². The summed E-state index contributed by atoms with van der Waals surface area (Å²) < 4.78 is 13.2. The van der Waals surface area contributed by atoms with Crippen molar-refractivity contribution in [1.29, 1.82) is 0 Å². The Bertz CT molecular complexity index is 573. The van der Waals surface area contributed by atoms with Crippen LogP contribution in [0.2, 0.25) is 25.7 Å². The van der Waals surface area contributed by atoms with Gasteiger partial charge in [0, 0.05) is 38.9 Å².